The Bertz CT molecular complexity index is 2440. The van der Waals surface area contributed by atoms with Crippen molar-refractivity contribution in [3.05, 3.63) is 75.0 Å². The number of furan rings is 1. The highest BCUT2D eigenvalue weighted by Crippen LogP contribution is 2.75. The first-order valence-corrected chi connectivity index (χ1v) is 20.0. The lowest BCUT2D eigenvalue weighted by Crippen LogP contribution is -2.65. The van der Waals surface area contributed by atoms with Gasteiger partial charge in [-0.05, 0) is 44.5 Å². The quantitative estimate of drug-likeness (QED) is 0.175. The number of aryl methyl sites for hydroxylation is 1. The van der Waals surface area contributed by atoms with Crippen molar-refractivity contribution in [1.82, 2.24) is 15.1 Å². The summed E-state index contributed by atoms with van der Waals surface area (Å²) in [5, 5.41) is 39.6. The number of fused-ring (bicyclic) bond motifs is 12. The van der Waals surface area contributed by atoms with E-state index in [1.165, 1.54) is 25.8 Å². The second-order valence-corrected chi connectivity index (χ2v) is 17.2. The van der Waals surface area contributed by atoms with Crippen LogP contribution in [0.3, 0.4) is 0 Å². The smallest absolute Gasteiger partial charge is 0.335 e. The number of phenolic OH excluding ortho intramolecular Hbond substituents is 1. The fraction of sp³-hybridized carbons (Fsp3) is 0.463. The van der Waals surface area contributed by atoms with E-state index in [0.717, 1.165) is 22.1 Å². The summed E-state index contributed by atoms with van der Waals surface area (Å²) in [7, 11) is 3.50. The fourth-order valence-corrected chi connectivity index (χ4v) is 13.0. The number of hydrogen-bond acceptors (Lipinski definition) is 15. The van der Waals surface area contributed by atoms with Crippen molar-refractivity contribution in [3.63, 3.8) is 0 Å². The number of piperazine rings is 1. The van der Waals surface area contributed by atoms with Crippen molar-refractivity contribution in [2.24, 2.45) is 0 Å². The molecule has 2 saturated heterocycles. The van der Waals surface area contributed by atoms with Gasteiger partial charge in [-0.2, -0.15) is 0 Å². The second-order valence-electron chi connectivity index (χ2n) is 16.1. The summed E-state index contributed by atoms with van der Waals surface area (Å²) in [5.74, 6) is 0.573. The van der Waals surface area contributed by atoms with E-state index in [-0.39, 0.29) is 37.6 Å². The van der Waals surface area contributed by atoms with Crippen molar-refractivity contribution in [1.29, 1.82) is 0 Å². The Morgan fingerprint density at radius 3 is 2.66 bits per heavy atom. The van der Waals surface area contributed by atoms with Gasteiger partial charge in [0, 0.05) is 63.9 Å². The van der Waals surface area contributed by atoms with E-state index >= 15 is 0 Å². The van der Waals surface area contributed by atoms with E-state index < -0.39 is 58.5 Å². The average molecular weight is 784 g/mol. The summed E-state index contributed by atoms with van der Waals surface area (Å²) in [6.07, 6.45) is 0.438. The Morgan fingerprint density at radius 1 is 1.11 bits per heavy atom. The molecular weight excluding hydrogens is 743 g/mol. The maximum atomic E-state index is 15.0. The first-order valence-electron chi connectivity index (χ1n) is 18.9. The summed E-state index contributed by atoms with van der Waals surface area (Å²) in [6.45, 7) is 4.54. The third-order valence-electron chi connectivity index (χ3n) is 13.4. The van der Waals surface area contributed by atoms with E-state index in [2.05, 4.69) is 15.1 Å². The lowest BCUT2D eigenvalue weighted by molar-refractivity contribution is -0.173. The molecule has 3 fully saturated rings. The lowest BCUT2D eigenvalue weighted by Gasteiger charge is -2.57. The summed E-state index contributed by atoms with van der Waals surface area (Å²) in [5.41, 5.74) is 2.60. The van der Waals surface area contributed by atoms with E-state index in [1.807, 2.05) is 51.2 Å². The van der Waals surface area contributed by atoms with Crippen molar-refractivity contribution >= 4 is 34.7 Å². The number of nitrogens with one attached hydrogen (secondary N) is 1. The predicted octanol–water partition coefficient (Wildman–Crippen LogP) is 3.73. The Labute approximate surface area is 325 Å². The number of aromatic hydroxyl groups is 1. The van der Waals surface area contributed by atoms with Gasteiger partial charge in [0.1, 0.15) is 29.4 Å². The van der Waals surface area contributed by atoms with Gasteiger partial charge in [-0.25, -0.2) is 4.79 Å². The third kappa shape index (κ3) is 4.10. The summed E-state index contributed by atoms with van der Waals surface area (Å²) in [4.78, 5) is 32.1. The number of methoxy groups -OCH3 is 1. The van der Waals surface area contributed by atoms with Crippen LogP contribution in [0.25, 0.3) is 11.0 Å². The molecule has 8 aliphatic rings. The van der Waals surface area contributed by atoms with E-state index in [9.17, 15) is 24.9 Å². The highest BCUT2D eigenvalue weighted by molar-refractivity contribution is 7.99. The standard InChI is InChI=1S/C41H41N3O11S/c1-16-10-22-25(31(47)32(16)50-5)29-30-36-27-26(35-34(52-15-53-35)17(2)33(27)54-18(3)46)23(44(30)41(49)28(22)37(41)43(29)4)13-51-39(48)40(14-56-36)38-21(11-19(12-45)42-40)20-8-6-7-9-24(20)55-38/h6-10,19,23,28-30,36-37,42,45,47,49H,11-15H2,1-5H3/t19-,23-,28?,29-,30+,36+,37-,40+,41+/m0/s1. The molecule has 8 heterocycles. The largest absolute Gasteiger partial charge is 0.504 e. The molecule has 3 aromatic carbocycles. The molecule has 14 nitrogen and oxygen atoms in total. The first-order chi connectivity index (χ1) is 27.0. The number of phenols is 1. The van der Waals surface area contributed by atoms with Gasteiger partial charge in [0.15, 0.2) is 28.5 Å². The van der Waals surface area contributed by atoms with Gasteiger partial charge in [-0.3, -0.25) is 19.9 Å². The van der Waals surface area contributed by atoms with Crippen LogP contribution in [0.4, 0.5) is 0 Å². The molecule has 292 valence electrons. The number of rotatable bonds is 3. The normalized spacial score (nSPS) is 33.3. The Morgan fingerprint density at radius 2 is 1.89 bits per heavy atom. The zero-order valence-electron chi connectivity index (χ0n) is 31.4. The predicted molar refractivity (Wildman–Crippen MR) is 200 cm³/mol. The number of nitrogens with zero attached hydrogens (tertiary/aromatic N) is 2. The first kappa shape index (κ1) is 34.7. The highest BCUT2D eigenvalue weighted by Gasteiger charge is 2.81. The molecule has 1 saturated carbocycles. The molecule has 9 atom stereocenters. The average Bonchev–Trinajstić information content (AvgIpc) is 3.43. The molecule has 1 unspecified atom stereocenters. The van der Waals surface area contributed by atoms with Crippen molar-refractivity contribution in [3.8, 4) is 28.7 Å². The van der Waals surface area contributed by atoms with Gasteiger partial charge in [0.2, 0.25) is 6.79 Å². The lowest BCUT2D eigenvalue weighted by atomic mass is 9.77. The maximum absolute atomic E-state index is 15.0. The Hall–Kier alpha value is -4.51. The monoisotopic (exact) mass is 783 g/mol. The Kier molecular flexibility index (Phi) is 7.16. The number of likely N-dealkylation sites (N-methyl/N-ethyl adjacent to an activating group) is 1. The highest BCUT2D eigenvalue weighted by atomic mass is 32.2. The molecule has 4 aromatic rings. The van der Waals surface area contributed by atoms with Crippen LogP contribution in [0.1, 0.15) is 74.9 Å². The molecule has 4 N–H and O–H groups in total. The molecule has 56 heavy (non-hydrogen) atoms. The van der Waals surface area contributed by atoms with Crippen LogP contribution in [0, 0.1) is 13.8 Å². The zero-order valence-corrected chi connectivity index (χ0v) is 32.2. The van der Waals surface area contributed by atoms with Gasteiger partial charge >= 0.3 is 11.9 Å². The number of hydrogen-bond donors (Lipinski definition) is 4. The minimum atomic E-state index is -1.53. The molecular formula is C41H41N3O11S. The fourth-order valence-electron chi connectivity index (χ4n) is 11.3. The minimum absolute atomic E-state index is 0.0173. The van der Waals surface area contributed by atoms with Gasteiger partial charge in [0.25, 0.3) is 0 Å². The number of thioether (sulfide) groups is 1. The number of benzene rings is 3. The van der Waals surface area contributed by atoms with Crippen LogP contribution < -0.4 is 24.3 Å². The molecule has 7 aliphatic heterocycles. The van der Waals surface area contributed by atoms with E-state index in [4.69, 9.17) is 28.1 Å². The number of ether oxygens (including phenoxy) is 5. The second kappa shape index (κ2) is 11.5. The Balaban J connectivity index is 1.19. The van der Waals surface area contributed by atoms with E-state index in [0.29, 0.717) is 63.0 Å². The molecule has 4 bridgehead atoms. The molecule has 12 rings (SSSR count). The zero-order chi connectivity index (χ0) is 38.7. The SMILES string of the molecule is COc1c(C)cc2c(c1O)[C@H]1[C@@H]3[C@@H]4SC[C@]5(N[C@H](CO)Cc6c5oc5ccccc65)C(=O)OC[C@@H](c5c6c(c(C)c(OC(C)=O)c54)OCO6)N3[C@@]3(O)C2[C@@H]3N1C. The molecule has 1 spiro atoms. The molecule has 1 aromatic heterocycles. The van der Waals surface area contributed by atoms with Gasteiger partial charge in [0.05, 0.1) is 37.1 Å². The molecule has 0 radical (unpaired) electrons. The van der Waals surface area contributed by atoms with Crippen LogP contribution in [-0.2, 0) is 26.3 Å². The topological polar surface area (TPSA) is 173 Å². The van der Waals surface area contributed by atoms with E-state index in [1.54, 1.807) is 0 Å². The van der Waals surface area contributed by atoms with Crippen LogP contribution in [-0.4, -0.2) is 101 Å². The number of aliphatic hydroxyl groups is 2. The summed E-state index contributed by atoms with van der Waals surface area (Å²) >= 11 is 1.44. The van der Waals surface area contributed by atoms with Crippen LogP contribution in [0.5, 0.6) is 28.7 Å². The van der Waals surface area contributed by atoms with Crippen LogP contribution in [0.2, 0.25) is 0 Å². The minimum Gasteiger partial charge on any atom is -0.504 e. The molecule has 1 aliphatic carbocycles. The maximum Gasteiger partial charge on any atom is 0.335 e. The summed E-state index contributed by atoms with van der Waals surface area (Å²) in [6, 6.07) is 6.91. The van der Waals surface area contributed by atoms with Gasteiger partial charge < -0.3 is 43.4 Å². The summed E-state index contributed by atoms with van der Waals surface area (Å²) < 4.78 is 37.2. The number of para-hydroxylation sites is 1. The van der Waals surface area contributed by atoms with Crippen molar-refractivity contribution in [2.45, 2.75) is 79.8 Å². The number of carbonyl (C=O) groups is 2. The van der Waals surface area contributed by atoms with Gasteiger partial charge in [-0.15, -0.1) is 11.8 Å². The van der Waals surface area contributed by atoms with Crippen LogP contribution in [0.15, 0.2) is 34.7 Å². The van der Waals surface area contributed by atoms with Crippen molar-refractivity contribution in [2.75, 3.05) is 39.9 Å². The molecule has 15 heteroatoms. The number of carbonyl (C=O) groups excluding carboxylic acids is 2. The third-order valence-corrected chi connectivity index (χ3v) is 14.8. The van der Waals surface area contributed by atoms with Crippen molar-refractivity contribution < 1.29 is 53.0 Å². The molecule has 0 amide bonds. The van der Waals surface area contributed by atoms with Gasteiger partial charge in [-0.1, -0.05) is 24.3 Å². The number of aliphatic hydroxyl groups excluding tert-OH is 1. The van der Waals surface area contributed by atoms with Crippen LogP contribution >= 0.6 is 11.8 Å². The number of esters is 2.